The van der Waals surface area contributed by atoms with Crippen LogP contribution in [0.4, 0.5) is 5.69 Å². The Balaban J connectivity index is 1.55. The van der Waals surface area contributed by atoms with Gasteiger partial charge in [0, 0.05) is 11.8 Å². The Morgan fingerprint density at radius 2 is 1.90 bits per heavy atom. The van der Waals surface area contributed by atoms with Crippen molar-refractivity contribution in [2.45, 2.75) is 13.5 Å². The van der Waals surface area contributed by atoms with Gasteiger partial charge in [-0.05, 0) is 42.1 Å². The maximum atomic E-state index is 13.3. The van der Waals surface area contributed by atoms with E-state index >= 15 is 0 Å². The number of amides is 1. The first-order valence-corrected chi connectivity index (χ1v) is 10.4. The minimum absolute atomic E-state index is 0.138. The molecule has 0 saturated carbocycles. The molecule has 0 radical (unpaired) electrons. The van der Waals surface area contributed by atoms with Gasteiger partial charge in [-0.25, -0.2) is 9.36 Å². The topological polar surface area (TPSA) is 91.6 Å². The van der Waals surface area contributed by atoms with Crippen LogP contribution in [0.3, 0.4) is 0 Å². The minimum Gasteiger partial charge on any atom is -0.454 e. The van der Waals surface area contributed by atoms with Crippen molar-refractivity contribution in [2.75, 3.05) is 12.1 Å². The fourth-order valence-electron chi connectivity index (χ4n) is 3.59. The summed E-state index contributed by atoms with van der Waals surface area (Å²) in [4.78, 5) is 39.1. The van der Waals surface area contributed by atoms with Crippen molar-refractivity contribution >= 4 is 33.1 Å². The molecule has 0 unspecified atom stereocenters. The van der Waals surface area contributed by atoms with Crippen LogP contribution in [0.15, 0.2) is 63.5 Å². The number of thiophene rings is 1. The lowest BCUT2D eigenvalue weighted by molar-refractivity contribution is -0.116. The van der Waals surface area contributed by atoms with Gasteiger partial charge in [0.15, 0.2) is 11.5 Å². The number of anilines is 1. The first-order valence-electron chi connectivity index (χ1n) is 9.51. The molecule has 9 heteroatoms. The largest absolute Gasteiger partial charge is 0.454 e. The molecule has 4 aromatic rings. The highest BCUT2D eigenvalue weighted by Gasteiger charge is 2.19. The van der Waals surface area contributed by atoms with Crippen molar-refractivity contribution in [3.63, 3.8) is 0 Å². The molecule has 0 fully saturated rings. The predicted molar refractivity (Wildman–Crippen MR) is 118 cm³/mol. The van der Waals surface area contributed by atoms with E-state index in [2.05, 4.69) is 5.32 Å². The molecular weight excluding hydrogens is 418 g/mol. The molecule has 3 heterocycles. The third-order valence-electron chi connectivity index (χ3n) is 5.07. The van der Waals surface area contributed by atoms with E-state index in [0.717, 1.165) is 10.1 Å². The first-order chi connectivity index (χ1) is 15.0. The van der Waals surface area contributed by atoms with E-state index in [1.54, 1.807) is 41.8 Å². The maximum absolute atomic E-state index is 13.3. The van der Waals surface area contributed by atoms with Crippen molar-refractivity contribution < 1.29 is 14.3 Å². The Kier molecular flexibility index (Phi) is 4.59. The van der Waals surface area contributed by atoms with E-state index in [9.17, 15) is 14.4 Å². The van der Waals surface area contributed by atoms with E-state index < -0.39 is 17.2 Å². The van der Waals surface area contributed by atoms with Crippen LogP contribution in [0.5, 0.6) is 11.5 Å². The molecule has 1 amide bonds. The van der Waals surface area contributed by atoms with Gasteiger partial charge in [-0.1, -0.05) is 18.2 Å². The highest BCUT2D eigenvalue weighted by atomic mass is 32.1. The van der Waals surface area contributed by atoms with Gasteiger partial charge in [0.2, 0.25) is 12.7 Å². The highest BCUT2D eigenvalue weighted by Crippen LogP contribution is 2.34. The summed E-state index contributed by atoms with van der Waals surface area (Å²) in [6.07, 6.45) is 0. The molecule has 0 bridgehead atoms. The summed E-state index contributed by atoms with van der Waals surface area (Å²) in [5.41, 5.74) is 1.29. The molecule has 5 rings (SSSR count). The zero-order valence-corrected chi connectivity index (χ0v) is 17.3. The molecule has 0 spiro atoms. The number of carbonyl (C=O) groups is 1. The lowest BCUT2D eigenvalue weighted by Crippen LogP contribution is -2.40. The summed E-state index contributed by atoms with van der Waals surface area (Å²) in [7, 11) is 0. The molecule has 0 aliphatic carbocycles. The van der Waals surface area contributed by atoms with Crippen molar-refractivity contribution in [3.8, 4) is 17.2 Å². The Morgan fingerprint density at radius 1 is 1.10 bits per heavy atom. The van der Waals surface area contributed by atoms with Crippen LogP contribution in [0.25, 0.3) is 15.9 Å². The van der Waals surface area contributed by atoms with Gasteiger partial charge in [-0.2, -0.15) is 0 Å². The number of rotatable bonds is 4. The summed E-state index contributed by atoms with van der Waals surface area (Å²) in [6.45, 7) is 1.72. The van der Waals surface area contributed by atoms with Gasteiger partial charge in [-0.15, -0.1) is 11.3 Å². The SMILES string of the molecule is Cc1ccccc1-n1c(=O)c2sccc2n(CC(=O)Nc2ccc3c(c2)OCO3)c1=O. The van der Waals surface area contributed by atoms with Gasteiger partial charge >= 0.3 is 5.69 Å². The second kappa shape index (κ2) is 7.44. The third kappa shape index (κ3) is 3.28. The van der Waals surface area contributed by atoms with E-state index in [1.165, 1.54) is 15.9 Å². The van der Waals surface area contributed by atoms with Crippen LogP contribution in [-0.4, -0.2) is 21.8 Å². The fourth-order valence-corrected chi connectivity index (χ4v) is 4.41. The van der Waals surface area contributed by atoms with Crippen LogP contribution in [-0.2, 0) is 11.3 Å². The molecule has 31 heavy (non-hydrogen) atoms. The molecule has 1 N–H and O–H groups in total. The lowest BCUT2D eigenvalue weighted by Gasteiger charge is -2.14. The van der Waals surface area contributed by atoms with Crippen molar-refractivity contribution in [2.24, 2.45) is 0 Å². The Hall–Kier alpha value is -3.85. The smallest absolute Gasteiger partial charge is 0.336 e. The summed E-state index contributed by atoms with van der Waals surface area (Å²) >= 11 is 1.24. The molecular formula is C22H17N3O5S. The van der Waals surface area contributed by atoms with Gasteiger partial charge in [0.1, 0.15) is 11.2 Å². The molecule has 1 aliphatic rings. The van der Waals surface area contributed by atoms with Gasteiger partial charge in [0.05, 0.1) is 11.2 Å². The monoisotopic (exact) mass is 435 g/mol. The average molecular weight is 435 g/mol. The number of nitrogens with one attached hydrogen (secondary N) is 1. The van der Waals surface area contributed by atoms with E-state index in [1.807, 2.05) is 19.1 Å². The van der Waals surface area contributed by atoms with Crippen LogP contribution in [0.2, 0.25) is 0 Å². The zero-order valence-electron chi connectivity index (χ0n) is 16.5. The fraction of sp³-hybridized carbons (Fsp3) is 0.136. The molecule has 0 saturated heterocycles. The summed E-state index contributed by atoms with van der Waals surface area (Å²) < 4.78 is 13.5. The van der Waals surface area contributed by atoms with Crippen molar-refractivity contribution in [3.05, 3.63) is 80.3 Å². The molecule has 156 valence electrons. The van der Waals surface area contributed by atoms with Gasteiger partial charge < -0.3 is 14.8 Å². The minimum atomic E-state index is -0.564. The number of aromatic nitrogens is 2. The van der Waals surface area contributed by atoms with Crippen LogP contribution in [0, 0.1) is 6.92 Å². The maximum Gasteiger partial charge on any atom is 0.336 e. The zero-order chi connectivity index (χ0) is 21.5. The average Bonchev–Trinajstić information content (AvgIpc) is 3.42. The Bertz CT molecular complexity index is 1450. The lowest BCUT2D eigenvalue weighted by atomic mass is 10.2. The highest BCUT2D eigenvalue weighted by molar-refractivity contribution is 7.17. The molecule has 8 nitrogen and oxygen atoms in total. The number of hydrogen-bond acceptors (Lipinski definition) is 6. The number of hydrogen-bond donors (Lipinski definition) is 1. The Morgan fingerprint density at radius 3 is 2.74 bits per heavy atom. The van der Waals surface area contributed by atoms with E-state index in [4.69, 9.17) is 9.47 Å². The predicted octanol–water partition coefficient (Wildman–Crippen LogP) is 2.89. The molecule has 0 atom stereocenters. The second-order valence-corrected chi connectivity index (χ2v) is 7.96. The summed E-state index contributed by atoms with van der Waals surface area (Å²) in [5, 5.41) is 4.51. The van der Waals surface area contributed by atoms with Crippen LogP contribution < -0.4 is 26.0 Å². The number of aryl methyl sites for hydroxylation is 1. The normalized spacial score (nSPS) is 12.3. The van der Waals surface area contributed by atoms with Gasteiger partial charge in [-0.3, -0.25) is 14.2 Å². The Labute approximate surface area is 179 Å². The number of carbonyl (C=O) groups excluding carboxylic acids is 1. The molecule has 2 aromatic carbocycles. The summed E-state index contributed by atoms with van der Waals surface area (Å²) in [6, 6.07) is 13.9. The second-order valence-electron chi connectivity index (χ2n) is 7.05. The number of ether oxygens (including phenoxy) is 2. The molecule has 2 aromatic heterocycles. The first kappa shape index (κ1) is 19.1. The number of benzene rings is 2. The van der Waals surface area contributed by atoms with Crippen LogP contribution in [0.1, 0.15) is 5.56 Å². The standard InChI is InChI=1S/C22H17N3O5S/c1-13-4-2-3-5-15(13)25-21(27)20-16(8-9-31-20)24(22(25)28)11-19(26)23-14-6-7-17-18(10-14)30-12-29-17/h2-10H,11-12H2,1H3,(H,23,26). The number of nitrogens with zero attached hydrogens (tertiary/aromatic N) is 2. The number of fused-ring (bicyclic) bond motifs is 2. The molecule has 1 aliphatic heterocycles. The third-order valence-corrected chi connectivity index (χ3v) is 5.96. The van der Waals surface area contributed by atoms with Crippen LogP contribution >= 0.6 is 11.3 Å². The van der Waals surface area contributed by atoms with E-state index in [-0.39, 0.29) is 13.3 Å². The van der Waals surface area contributed by atoms with Crippen molar-refractivity contribution in [1.82, 2.24) is 9.13 Å². The van der Waals surface area contributed by atoms with Gasteiger partial charge in [0.25, 0.3) is 5.56 Å². The summed E-state index contributed by atoms with van der Waals surface area (Å²) in [5.74, 6) is 0.756. The van der Waals surface area contributed by atoms with E-state index in [0.29, 0.717) is 33.1 Å². The quantitative estimate of drug-likeness (QED) is 0.532. The van der Waals surface area contributed by atoms with Crippen molar-refractivity contribution in [1.29, 1.82) is 0 Å². The number of para-hydroxylation sites is 1.